The van der Waals surface area contributed by atoms with Crippen LogP contribution in [-0.4, -0.2) is 55.6 Å². The zero-order chi connectivity index (χ0) is 17.6. The number of nitrogens with zero attached hydrogens (tertiary/aromatic N) is 4. The fourth-order valence-corrected chi connectivity index (χ4v) is 3.75. The first kappa shape index (κ1) is 16.3. The van der Waals surface area contributed by atoms with Gasteiger partial charge in [0, 0.05) is 49.7 Å². The van der Waals surface area contributed by atoms with Crippen LogP contribution in [0, 0.1) is 5.92 Å². The van der Waals surface area contributed by atoms with Gasteiger partial charge in [-0.05, 0) is 32.3 Å². The quantitative estimate of drug-likeness (QED) is 0.868. The van der Waals surface area contributed by atoms with Crippen LogP contribution in [0.25, 0.3) is 0 Å². The number of aliphatic hydroxyl groups excluding tert-OH is 1. The number of rotatable bonds is 5. The minimum atomic E-state index is 0.0212. The van der Waals surface area contributed by atoms with Crippen LogP contribution in [0.5, 0.6) is 0 Å². The van der Waals surface area contributed by atoms with Crippen LogP contribution in [-0.2, 0) is 0 Å². The number of carbonyl (C=O) groups is 1. The second-order valence-electron chi connectivity index (χ2n) is 7.58. The molecule has 3 heterocycles. The van der Waals surface area contributed by atoms with Crippen molar-refractivity contribution in [3.05, 3.63) is 35.4 Å². The summed E-state index contributed by atoms with van der Waals surface area (Å²) in [6.07, 6.45) is 7.81. The van der Waals surface area contributed by atoms with Gasteiger partial charge in [-0.2, -0.15) is 10.2 Å². The summed E-state index contributed by atoms with van der Waals surface area (Å²) >= 11 is 0. The van der Waals surface area contributed by atoms with Crippen LogP contribution in [0.4, 0.5) is 0 Å². The van der Waals surface area contributed by atoms with Gasteiger partial charge in [0.05, 0.1) is 23.7 Å². The molecule has 0 radical (unpaired) electrons. The first-order chi connectivity index (χ1) is 12.1. The van der Waals surface area contributed by atoms with Crippen LogP contribution < -0.4 is 0 Å². The molecule has 4 rings (SSSR count). The van der Waals surface area contributed by atoms with Crippen molar-refractivity contribution >= 4 is 5.91 Å². The van der Waals surface area contributed by atoms with Gasteiger partial charge in [0.2, 0.25) is 0 Å². The summed E-state index contributed by atoms with van der Waals surface area (Å²) in [6, 6.07) is 0.299. The fourth-order valence-electron chi connectivity index (χ4n) is 3.75. The van der Waals surface area contributed by atoms with Crippen molar-refractivity contribution in [3.63, 3.8) is 0 Å². The summed E-state index contributed by atoms with van der Waals surface area (Å²) in [5.74, 6) is 0.647. The molecular weight excluding hydrogens is 318 g/mol. The van der Waals surface area contributed by atoms with E-state index in [1.54, 1.807) is 6.20 Å². The zero-order valence-corrected chi connectivity index (χ0v) is 14.7. The molecule has 0 unspecified atom stereocenters. The number of likely N-dealkylation sites (tertiary alicyclic amines) is 1. The lowest BCUT2D eigenvalue weighted by Crippen LogP contribution is -2.29. The first-order valence-electron chi connectivity index (χ1n) is 9.06. The lowest BCUT2D eigenvalue weighted by Gasteiger charge is -2.16. The molecule has 7 heteroatoms. The van der Waals surface area contributed by atoms with Gasteiger partial charge in [0.25, 0.3) is 5.91 Å². The number of nitrogens with one attached hydrogen (secondary N) is 1. The van der Waals surface area contributed by atoms with Gasteiger partial charge < -0.3 is 10.0 Å². The first-order valence-corrected chi connectivity index (χ1v) is 9.06. The van der Waals surface area contributed by atoms with Gasteiger partial charge >= 0.3 is 0 Å². The molecule has 2 N–H and O–H groups in total. The van der Waals surface area contributed by atoms with Gasteiger partial charge in [-0.25, -0.2) is 0 Å². The van der Waals surface area contributed by atoms with Crippen LogP contribution in [0.1, 0.15) is 66.2 Å². The second-order valence-corrected chi connectivity index (χ2v) is 7.58. The van der Waals surface area contributed by atoms with Crippen LogP contribution in [0.15, 0.2) is 18.6 Å². The number of hydrogen-bond donors (Lipinski definition) is 2. The van der Waals surface area contributed by atoms with Gasteiger partial charge in [-0.3, -0.25) is 14.6 Å². The Morgan fingerprint density at radius 2 is 2.16 bits per heavy atom. The number of aromatic nitrogens is 4. The van der Waals surface area contributed by atoms with E-state index in [0.717, 1.165) is 24.1 Å². The Morgan fingerprint density at radius 1 is 1.36 bits per heavy atom. The van der Waals surface area contributed by atoms with Gasteiger partial charge in [0.15, 0.2) is 0 Å². The van der Waals surface area contributed by atoms with Gasteiger partial charge in [-0.1, -0.05) is 0 Å². The van der Waals surface area contributed by atoms with Crippen molar-refractivity contribution in [3.8, 4) is 0 Å². The largest absolute Gasteiger partial charge is 0.396 e. The Labute approximate surface area is 147 Å². The second kappa shape index (κ2) is 6.29. The maximum absolute atomic E-state index is 13.0. The van der Waals surface area contributed by atoms with E-state index in [1.165, 1.54) is 0 Å². The van der Waals surface area contributed by atoms with Crippen molar-refractivity contribution in [1.82, 2.24) is 24.9 Å². The van der Waals surface area contributed by atoms with Crippen LogP contribution in [0.2, 0.25) is 0 Å². The molecule has 1 amide bonds. The Bertz CT molecular complexity index is 761. The van der Waals surface area contributed by atoms with Crippen LogP contribution >= 0.6 is 0 Å². The third kappa shape index (κ3) is 2.97. The van der Waals surface area contributed by atoms with E-state index >= 15 is 0 Å². The van der Waals surface area contributed by atoms with E-state index in [0.29, 0.717) is 30.6 Å². The van der Waals surface area contributed by atoms with Crippen molar-refractivity contribution in [1.29, 1.82) is 0 Å². The minimum absolute atomic E-state index is 0.0212. The van der Waals surface area contributed by atoms with E-state index in [-0.39, 0.29) is 24.3 Å². The Morgan fingerprint density at radius 3 is 2.80 bits per heavy atom. The van der Waals surface area contributed by atoms with Crippen LogP contribution in [0.3, 0.4) is 0 Å². The standard InChI is InChI=1S/C18H25N5O2/c1-11(2)23-8-13(5-20-23)16-9-22(7-14(16)10-24)18(25)15-6-19-21-17(15)12-3-4-12/h5-6,8,11-12,14,16,24H,3-4,7,9-10H2,1-2H3,(H,19,21)/t14-,16-/m0/s1. The highest BCUT2D eigenvalue weighted by Gasteiger charge is 2.39. The highest BCUT2D eigenvalue weighted by Crippen LogP contribution is 2.41. The number of aliphatic hydroxyl groups is 1. The van der Waals surface area contributed by atoms with E-state index in [4.69, 9.17) is 0 Å². The Kier molecular flexibility index (Phi) is 4.11. The van der Waals surface area contributed by atoms with Crippen molar-refractivity contribution in [2.24, 2.45) is 5.92 Å². The SMILES string of the molecule is CC(C)n1cc([C@@H]2CN(C(=O)c3cn[nH]c3C3CC3)C[C@H]2CO)cn1. The van der Waals surface area contributed by atoms with E-state index in [9.17, 15) is 9.90 Å². The Balaban J connectivity index is 1.54. The summed E-state index contributed by atoms with van der Waals surface area (Å²) in [6.45, 7) is 5.43. The molecule has 1 aliphatic carbocycles. The summed E-state index contributed by atoms with van der Waals surface area (Å²) in [5.41, 5.74) is 2.76. The van der Waals surface area contributed by atoms with Gasteiger partial charge in [-0.15, -0.1) is 0 Å². The monoisotopic (exact) mass is 343 g/mol. The lowest BCUT2D eigenvalue weighted by atomic mass is 9.92. The molecule has 2 atom stereocenters. The molecule has 2 aromatic rings. The molecule has 0 aromatic carbocycles. The number of aromatic amines is 1. The number of carbonyl (C=O) groups excluding carboxylic acids is 1. The fraction of sp³-hybridized carbons (Fsp3) is 0.611. The number of H-pyrrole nitrogens is 1. The molecule has 0 spiro atoms. The average molecular weight is 343 g/mol. The third-order valence-electron chi connectivity index (χ3n) is 5.43. The zero-order valence-electron chi connectivity index (χ0n) is 14.7. The molecule has 0 bridgehead atoms. The predicted molar refractivity (Wildman–Crippen MR) is 92.4 cm³/mol. The molecule has 134 valence electrons. The molecule has 1 saturated heterocycles. The topological polar surface area (TPSA) is 87.0 Å². The molecule has 2 fully saturated rings. The number of hydrogen-bond acceptors (Lipinski definition) is 4. The summed E-state index contributed by atoms with van der Waals surface area (Å²) in [4.78, 5) is 14.8. The van der Waals surface area contributed by atoms with E-state index in [2.05, 4.69) is 29.1 Å². The van der Waals surface area contributed by atoms with Crippen molar-refractivity contribution in [2.45, 2.75) is 44.6 Å². The molecule has 2 aromatic heterocycles. The number of amides is 1. The van der Waals surface area contributed by atoms with E-state index < -0.39 is 0 Å². The maximum atomic E-state index is 13.0. The van der Waals surface area contributed by atoms with E-state index in [1.807, 2.05) is 22.0 Å². The Hall–Kier alpha value is -2.15. The maximum Gasteiger partial charge on any atom is 0.257 e. The van der Waals surface area contributed by atoms with Gasteiger partial charge in [0.1, 0.15) is 0 Å². The molecule has 1 saturated carbocycles. The molecule has 2 aliphatic rings. The lowest BCUT2D eigenvalue weighted by molar-refractivity contribution is 0.0780. The predicted octanol–water partition coefficient (Wildman–Crippen LogP) is 1.91. The van der Waals surface area contributed by atoms with Crippen molar-refractivity contribution < 1.29 is 9.90 Å². The smallest absolute Gasteiger partial charge is 0.257 e. The molecular formula is C18H25N5O2. The summed E-state index contributed by atoms with van der Waals surface area (Å²) in [7, 11) is 0. The summed E-state index contributed by atoms with van der Waals surface area (Å²) < 4.78 is 1.93. The third-order valence-corrected chi connectivity index (χ3v) is 5.43. The highest BCUT2D eigenvalue weighted by molar-refractivity contribution is 5.95. The average Bonchev–Trinajstić information content (AvgIpc) is 3.07. The minimum Gasteiger partial charge on any atom is -0.396 e. The molecule has 1 aliphatic heterocycles. The normalized spacial score (nSPS) is 23.6. The summed E-state index contributed by atoms with van der Waals surface area (Å²) in [5, 5.41) is 21.3. The van der Waals surface area contributed by atoms with Crippen molar-refractivity contribution in [2.75, 3.05) is 19.7 Å². The highest BCUT2D eigenvalue weighted by atomic mass is 16.3. The molecule has 7 nitrogen and oxygen atoms in total. The molecule has 25 heavy (non-hydrogen) atoms.